The van der Waals surface area contributed by atoms with Crippen molar-refractivity contribution < 1.29 is 13.2 Å². The van der Waals surface area contributed by atoms with Gasteiger partial charge >= 0.3 is 0 Å². The van der Waals surface area contributed by atoms with Gasteiger partial charge in [-0.15, -0.1) is 0 Å². The van der Waals surface area contributed by atoms with Crippen molar-refractivity contribution in [2.75, 3.05) is 13.1 Å². The van der Waals surface area contributed by atoms with Crippen molar-refractivity contribution in [2.24, 2.45) is 0 Å². The Bertz CT molecular complexity index is 821. The van der Waals surface area contributed by atoms with Crippen LogP contribution in [-0.2, 0) is 21.4 Å². The molecule has 1 fully saturated rings. The van der Waals surface area contributed by atoms with Crippen molar-refractivity contribution >= 4 is 21.6 Å². The van der Waals surface area contributed by atoms with Crippen LogP contribution in [0.3, 0.4) is 0 Å². The van der Waals surface area contributed by atoms with E-state index in [1.807, 2.05) is 43.3 Å². The molecule has 0 aromatic heterocycles. The first kappa shape index (κ1) is 18.4. The molecule has 0 aliphatic carbocycles. The topological polar surface area (TPSA) is 46.6 Å². The molecule has 25 heavy (non-hydrogen) atoms. The van der Waals surface area contributed by atoms with Gasteiger partial charge in [0.25, 0.3) is 0 Å². The second-order valence-corrected chi connectivity index (χ2v) is 8.69. The molecule has 1 aliphatic rings. The minimum absolute atomic E-state index is 0.120. The summed E-state index contributed by atoms with van der Waals surface area (Å²) in [5.41, 5.74) is 1.96. The van der Waals surface area contributed by atoms with Crippen LogP contribution in [0.25, 0.3) is 0 Å². The lowest BCUT2D eigenvalue weighted by molar-refractivity contribution is 0.00814. The summed E-state index contributed by atoms with van der Waals surface area (Å²) in [6, 6.07) is 14.5. The van der Waals surface area contributed by atoms with Crippen LogP contribution in [-0.4, -0.2) is 31.9 Å². The monoisotopic (exact) mass is 379 g/mol. The number of benzene rings is 2. The second kappa shape index (κ2) is 7.87. The van der Waals surface area contributed by atoms with Crippen molar-refractivity contribution in [3.63, 3.8) is 0 Å². The molecular formula is C19H22ClNO3S. The second-order valence-electron chi connectivity index (χ2n) is 6.34. The number of sulfonamides is 1. The molecule has 4 nitrogen and oxygen atoms in total. The highest BCUT2D eigenvalue weighted by molar-refractivity contribution is 7.89. The molecule has 2 aromatic carbocycles. The van der Waals surface area contributed by atoms with E-state index in [0.29, 0.717) is 29.6 Å². The third-order valence-electron chi connectivity index (χ3n) is 4.43. The van der Waals surface area contributed by atoms with Gasteiger partial charge in [-0.1, -0.05) is 47.5 Å². The highest BCUT2D eigenvalue weighted by Gasteiger charge is 2.30. The van der Waals surface area contributed by atoms with Crippen molar-refractivity contribution in [1.82, 2.24) is 4.31 Å². The molecule has 0 bridgehead atoms. The molecule has 0 saturated carbocycles. The summed E-state index contributed by atoms with van der Waals surface area (Å²) >= 11 is 6.15. The molecule has 0 N–H and O–H groups in total. The Morgan fingerprint density at radius 3 is 2.60 bits per heavy atom. The van der Waals surface area contributed by atoms with Crippen LogP contribution in [0, 0.1) is 6.92 Å². The normalized spacial score (nSPS) is 19.0. The fraction of sp³-hybridized carbons (Fsp3) is 0.368. The van der Waals surface area contributed by atoms with Gasteiger partial charge in [-0.2, -0.15) is 4.31 Å². The van der Waals surface area contributed by atoms with Crippen LogP contribution in [0.5, 0.6) is 0 Å². The molecule has 134 valence electrons. The SMILES string of the molecule is Cc1ccc(S(=O)(=O)N2CCCC(OCc3ccccc3Cl)C2)cc1. The lowest BCUT2D eigenvalue weighted by atomic mass is 10.1. The van der Waals surface area contributed by atoms with E-state index in [-0.39, 0.29) is 6.10 Å². The zero-order chi connectivity index (χ0) is 17.9. The molecule has 1 aliphatic heterocycles. The van der Waals surface area contributed by atoms with Crippen molar-refractivity contribution in [2.45, 2.75) is 37.4 Å². The third-order valence-corrected chi connectivity index (χ3v) is 6.68. The average Bonchev–Trinajstić information content (AvgIpc) is 2.62. The summed E-state index contributed by atoms with van der Waals surface area (Å²) in [5, 5.41) is 0.669. The van der Waals surface area contributed by atoms with Gasteiger partial charge in [0.1, 0.15) is 0 Å². The molecule has 3 rings (SSSR count). The first-order chi connectivity index (χ1) is 12.0. The number of aryl methyl sites for hydroxylation is 1. The van der Waals surface area contributed by atoms with Gasteiger partial charge < -0.3 is 4.74 Å². The van der Waals surface area contributed by atoms with Gasteiger partial charge in [-0.05, 0) is 43.5 Å². The van der Waals surface area contributed by atoms with Gasteiger partial charge in [0.05, 0.1) is 17.6 Å². The predicted octanol–water partition coefficient (Wildman–Crippen LogP) is 4.02. The quantitative estimate of drug-likeness (QED) is 0.788. The Morgan fingerprint density at radius 1 is 1.16 bits per heavy atom. The zero-order valence-corrected chi connectivity index (χ0v) is 15.8. The largest absolute Gasteiger partial charge is 0.372 e. The lowest BCUT2D eigenvalue weighted by Gasteiger charge is -2.32. The maximum Gasteiger partial charge on any atom is 0.243 e. The fourth-order valence-corrected chi connectivity index (χ4v) is 4.64. The minimum Gasteiger partial charge on any atom is -0.372 e. The van der Waals surface area contributed by atoms with Gasteiger partial charge in [-0.3, -0.25) is 0 Å². The maximum absolute atomic E-state index is 12.8. The standard InChI is InChI=1S/C19H22ClNO3S/c1-15-8-10-18(11-9-15)25(22,23)21-12-4-6-17(13-21)24-14-16-5-2-3-7-19(16)20/h2-3,5,7-11,17H,4,6,12-14H2,1H3. The number of rotatable bonds is 5. The lowest BCUT2D eigenvalue weighted by Crippen LogP contribution is -2.43. The number of piperidine rings is 1. The summed E-state index contributed by atoms with van der Waals surface area (Å²) in [5.74, 6) is 0. The van der Waals surface area contributed by atoms with E-state index >= 15 is 0 Å². The first-order valence-corrected chi connectivity index (χ1v) is 10.2. The Balaban J connectivity index is 1.66. The van der Waals surface area contributed by atoms with Gasteiger partial charge in [-0.25, -0.2) is 8.42 Å². The number of halogens is 1. The summed E-state index contributed by atoms with van der Waals surface area (Å²) in [6.07, 6.45) is 1.52. The van der Waals surface area contributed by atoms with Crippen molar-refractivity contribution in [3.8, 4) is 0 Å². The summed E-state index contributed by atoms with van der Waals surface area (Å²) in [6.45, 7) is 3.24. The fourth-order valence-electron chi connectivity index (χ4n) is 2.94. The van der Waals surface area contributed by atoms with E-state index < -0.39 is 10.0 Å². The molecule has 6 heteroatoms. The Morgan fingerprint density at radius 2 is 1.88 bits per heavy atom. The van der Waals surface area contributed by atoms with Crippen molar-refractivity contribution in [3.05, 3.63) is 64.7 Å². The van der Waals surface area contributed by atoms with Crippen LogP contribution in [0.4, 0.5) is 0 Å². The molecule has 1 heterocycles. The van der Waals surface area contributed by atoms with Crippen molar-refractivity contribution in [1.29, 1.82) is 0 Å². The van der Waals surface area contributed by atoms with Crippen LogP contribution >= 0.6 is 11.6 Å². The summed E-state index contributed by atoms with van der Waals surface area (Å²) < 4.78 is 33.1. The molecule has 1 unspecified atom stereocenters. The highest BCUT2D eigenvalue weighted by atomic mass is 35.5. The van der Waals surface area contributed by atoms with Gasteiger partial charge in [0.2, 0.25) is 10.0 Å². The van der Waals surface area contributed by atoms with Crippen LogP contribution in [0.1, 0.15) is 24.0 Å². The molecule has 0 spiro atoms. The first-order valence-electron chi connectivity index (χ1n) is 8.38. The van der Waals surface area contributed by atoms with E-state index in [9.17, 15) is 8.42 Å². The molecule has 2 aromatic rings. The minimum atomic E-state index is -3.48. The van der Waals surface area contributed by atoms with E-state index in [4.69, 9.17) is 16.3 Å². The number of nitrogens with zero attached hydrogens (tertiary/aromatic N) is 1. The van der Waals surface area contributed by atoms with Gasteiger partial charge in [0, 0.05) is 18.1 Å². The summed E-state index contributed by atoms with van der Waals surface area (Å²) in [4.78, 5) is 0.338. The highest BCUT2D eigenvalue weighted by Crippen LogP contribution is 2.24. The maximum atomic E-state index is 12.8. The molecule has 1 atom stereocenters. The average molecular weight is 380 g/mol. The number of ether oxygens (including phenoxy) is 1. The zero-order valence-electron chi connectivity index (χ0n) is 14.2. The number of hydrogen-bond donors (Lipinski definition) is 0. The van der Waals surface area contributed by atoms with Crippen LogP contribution in [0.15, 0.2) is 53.4 Å². The molecule has 1 saturated heterocycles. The molecule has 0 radical (unpaired) electrons. The van der Waals surface area contributed by atoms with E-state index in [1.54, 1.807) is 12.1 Å². The van der Waals surface area contributed by atoms with E-state index in [1.165, 1.54) is 4.31 Å². The van der Waals surface area contributed by atoms with Crippen LogP contribution < -0.4 is 0 Å². The molecule has 0 amide bonds. The predicted molar refractivity (Wildman–Crippen MR) is 99.2 cm³/mol. The Kier molecular flexibility index (Phi) is 5.79. The van der Waals surface area contributed by atoms with E-state index in [2.05, 4.69) is 0 Å². The van der Waals surface area contributed by atoms with Gasteiger partial charge in [0.15, 0.2) is 0 Å². The smallest absolute Gasteiger partial charge is 0.243 e. The third kappa shape index (κ3) is 4.42. The number of hydrogen-bond acceptors (Lipinski definition) is 3. The van der Waals surface area contributed by atoms with E-state index in [0.717, 1.165) is 24.0 Å². The Labute approximate surface area is 154 Å². The summed E-state index contributed by atoms with van der Waals surface area (Å²) in [7, 11) is -3.48. The Hall–Kier alpha value is -1.40. The molecular weight excluding hydrogens is 358 g/mol. The van der Waals surface area contributed by atoms with Crippen LogP contribution in [0.2, 0.25) is 5.02 Å².